The van der Waals surface area contributed by atoms with Gasteiger partial charge < -0.3 is 38.8 Å². The molecule has 0 saturated carbocycles. The molecule has 0 spiro atoms. The van der Waals surface area contributed by atoms with Gasteiger partial charge in [-0.2, -0.15) is 9.97 Å². The van der Waals surface area contributed by atoms with Gasteiger partial charge in [-0.1, -0.05) is 24.3 Å². The van der Waals surface area contributed by atoms with Gasteiger partial charge in [0.15, 0.2) is 6.79 Å². The van der Waals surface area contributed by atoms with E-state index in [4.69, 9.17) is 28.9 Å². The van der Waals surface area contributed by atoms with E-state index in [2.05, 4.69) is 46.0 Å². The van der Waals surface area contributed by atoms with Crippen LogP contribution in [0, 0.1) is 0 Å². The molecule has 4 aliphatic rings. The van der Waals surface area contributed by atoms with Crippen LogP contribution in [0.1, 0.15) is 51.3 Å². The number of aliphatic hydroxyl groups is 1. The molecule has 0 aliphatic carbocycles. The summed E-state index contributed by atoms with van der Waals surface area (Å²) in [7, 11) is 3.76. The predicted molar refractivity (Wildman–Crippen MR) is 183 cm³/mol. The highest BCUT2D eigenvalue weighted by molar-refractivity contribution is 5.95. The van der Waals surface area contributed by atoms with Crippen molar-refractivity contribution in [1.29, 1.82) is 0 Å². The van der Waals surface area contributed by atoms with Gasteiger partial charge in [0.2, 0.25) is 0 Å². The van der Waals surface area contributed by atoms with E-state index in [-0.39, 0.29) is 25.0 Å². The van der Waals surface area contributed by atoms with E-state index in [0.29, 0.717) is 44.7 Å². The van der Waals surface area contributed by atoms with Crippen LogP contribution in [-0.2, 0) is 22.4 Å². The normalized spacial score (nSPS) is 24.2. The van der Waals surface area contributed by atoms with Crippen LogP contribution in [0.15, 0.2) is 36.4 Å². The first kappa shape index (κ1) is 32.7. The van der Waals surface area contributed by atoms with Gasteiger partial charge in [0.05, 0.1) is 30.4 Å². The summed E-state index contributed by atoms with van der Waals surface area (Å²) in [4.78, 5) is 32.0. The van der Waals surface area contributed by atoms with Crippen molar-refractivity contribution in [2.24, 2.45) is 0 Å². The molecule has 48 heavy (non-hydrogen) atoms. The van der Waals surface area contributed by atoms with Crippen LogP contribution < -0.4 is 19.3 Å². The van der Waals surface area contributed by atoms with Crippen molar-refractivity contribution >= 4 is 28.4 Å². The van der Waals surface area contributed by atoms with Crippen LogP contribution >= 0.6 is 0 Å². The van der Waals surface area contributed by atoms with E-state index in [1.54, 1.807) is 12.0 Å². The van der Waals surface area contributed by atoms with Crippen molar-refractivity contribution in [1.82, 2.24) is 19.8 Å². The molecule has 3 aromatic rings. The Morgan fingerprint density at radius 1 is 1.06 bits per heavy atom. The maximum absolute atomic E-state index is 13.2. The number of benzene rings is 2. The Hall–Kier alpha value is -3.87. The SMILES string of the molecule is COCOc1cc(N2CCc3c(nc(OC[C@@H]4CCCN4C)nc3N3CC4CC(O)C(C3)N4C(=O)OC(C)(C)C)C2)c2ccccc2c1. The zero-order valence-electron chi connectivity index (χ0n) is 28.7. The fraction of sp³-hybridized carbons (Fsp3) is 0.583. The zero-order chi connectivity index (χ0) is 33.6. The van der Waals surface area contributed by atoms with E-state index < -0.39 is 11.7 Å². The zero-order valence-corrected chi connectivity index (χ0v) is 28.7. The molecule has 4 atom stereocenters. The lowest BCUT2D eigenvalue weighted by Gasteiger charge is -2.43. The van der Waals surface area contributed by atoms with E-state index in [0.717, 1.165) is 71.6 Å². The third-order valence-electron chi connectivity index (χ3n) is 10.0. The number of anilines is 2. The van der Waals surface area contributed by atoms with Crippen LogP contribution in [0.3, 0.4) is 0 Å². The molecule has 0 radical (unpaired) electrons. The number of hydrogen-bond acceptors (Lipinski definition) is 11. The molecule has 1 N–H and O–H groups in total. The van der Waals surface area contributed by atoms with Crippen LogP contribution in [0.4, 0.5) is 16.3 Å². The molecule has 2 aromatic carbocycles. The van der Waals surface area contributed by atoms with Crippen molar-refractivity contribution in [3.05, 3.63) is 47.7 Å². The van der Waals surface area contributed by atoms with Gasteiger partial charge in [0, 0.05) is 55.5 Å². The molecule has 4 aliphatic heterocycles. The summed E-state index contributed by atoms with van der Waals surface area (Å²) in [5.41, 5.74) is 2.48. The van der Waals surface area contributed by atoms with Gasteiger partial charge in [-0.15, -0.1) is 0 Å². The highest BCUT2D eigenvalue weighted by Crippen LogP contribution is 2.39. The van der Waals surface area contributed by atoms with Gasteiger partial charge in [-0.3, -0.25) is 4.90 Å². The number of ether oxygens (including phenoxy) is 4. The second-order valence-corrected chi connectivity index (χ2v) is 14.5. The smallest absolute Gasteiger partial charge is 0.411 e. The minimum Gasteiger partial charge on any atom is -0.467 e. The number of aliphatic hydroxyl groups excluding tert-OH is 1. The quantitative estimate of drug-likeness (QED) is 0.351. The standard InChI is InChI=1S/C36H48N6O6/c1-36(2,3)48-35(44)42-25-16-32(43)31(42)20-41(18-25)33-28-12-14-40(19-29(28)37-34(38-33)46-21-24-10-8-13-39(24)4)30-17-26(47-22-45-5)15-23-9-6-7-11-27(23)30/h6-7,9,11,15,17,24-25,31-32,43H,8,10,12-14,16,18-22H2,1-5H3/t24-,25?,31?,32?/m0/s1. The number of carbonyl (C=O) groups excluding carboxylic acids is 1. The maximum Gasteiger partial charge on any atom is 0.411 e. The Morgan fingerprint density at radius 3 is 2.65 bits per heavy atom. The van der Waals surface area contributed by atoms with Crippen molar-refractivity contribution in [2.45, 2.75) is 82.8 Å². The Labute approximate surface area is 282 Å². The molecule has 1 amide bonds. The summed E-state index contributed by atoms with van der Waals surface area (Å²) in [5, 5.41) is 13.3. The molecule has 5 heterocycles. The van der Waals surface area contributed by atoms with Gasteiger partial charge in [-0.25, -0.2) is 4.79 Å². The summed E-state index contributed by atoms with van der Waals surface area (Å²) < 4.78 is 23.2. The number of rotatable bonds is 8. The molecule has 2 bridgehead atoms. The minimum absolute atomic E-state index is 0.173. The topological polar surface area (TPSA) is 113 Å². The third-order valence-corrected chi connectivity index (χ3v) is 10.0. The number of likely N-dealkylation sites (N-methyl/N-ethyl adjacent to an activating group) is 1. The van der Waals surface area contributed by atoms with Crippen LogP contribution in [0.2, 0.25) is 0 Å². The second kappa shape index (κ2) is 13.2. The Morgan fingerprint density at radius 2 is 1.90 bits per heavy atom. The van der Waals surface area contributed by atoms with Gasteiger partial charge in [0.1, 0.15) is 23.8 Å². The molecule has 1 aromatic heterocycles. The van der Waals surface area contributed by atoms with Gasteiger partial charge >= 0.3 is 12.1 Å². The van der Waals surface area contributed by atoms with Crippen LogP contribution in [0.25, 0.3) is 10.8 Å². The average molecular weight is 661 g/mol. The fourth-order valence-electron chi connectivity index (χ4n) is 7.72. The lowest BCUT2D eigenvalue weighted by atomic mass is 10.0. The predicted octanol–water partition coefficient (Wildman–Crippen LogP) is 4.21. The van der Waals surface area contributed by atoms with Crippen molar-refractivity contribution in [3.8, 4) is 11.8 Å². The Balaban J connectivity index is 1.21. The lowest BCUT2D eigenvalue weighted by Crippen LogP contribution is -2.58. The third kappa shape index (κ3) is 6.57. The van der Waals surface area contributed by atoms with Crippen molar-refractivity contribution in [3.63, 3.8) is 0 Å². The summed E-state index contributed by atoms with van der Waals surface area (Å²) in [6.07, 6.45) is 2.48. The molecular formula is C36H48N6O6. The second-order valence-electron chi connectivity index (χ2n) is 14.5. The number of likely N-dealkylation sites (tertiary alicyclic amines) is 1. The number of piperazine rings is 1. The molecule has 258 valence electrons. The number of hydrogen-bond donors (Lipinski definition) is 1. The molecule has 7 rings (SSSR count). The summed E-state index contributed by atoms with van der Waals surface area (Å²) >= 11 is 0. The van der Waals surface area contributed by atoms with E-state index in [1.165, 1.54) is 0 Å². The minimum atomic E-state index is -0.629. The number of fused-ring (bicyclic) bond motifs is 4. The molecule has 3 saturated heterocycles. The summed E-state index contributed by atoms with van der Waals surface area (Å²) in [6, 6.07) is 12.6. The average Bonchev–Trinajstić information content (AvgIpc) is 3.56. The molecule has 3 unspecified atom stereocenters. The lowest BCUT2D eigenvalue weighted by molar-refractivity contribution is 0.00600. The van der Waals surface area contributed by atoms with E-state index >= 15 is 0 Å². The fourth-order valence-corrected chi connectivity index (χ4v) is 7.72. The summed E-state index contributed by atoms with van der Waals surface area (Å²) in [6.45, 7) is 9.72. The van der Waals surface area contributed by atoms with Crippen LogP contribution in [0.5, 0.6) is 11.8 Å². The number of methoxy groups -OCH3 is 1. The largest absolute Gasteiger partial charge is 0.467 e. The van der Waals surface area contributed by atoms with E-state index in [9.17, 15) is 9.90 Å². The molecular weight excluding hydrogens is 612 g/mol. The first-order chi connectivity index (χ1) is 23.1. The monoisotopic (exact) mass is 660 g/mol. The summed E-state index contributed by atoms with van der Waals surface area (Å²) in [5.74, 6) is 1.59. The number of nitrogens with zero attached hydrogens (tertiary/aromatic N) is 6. The highest BCUT2D eigenvalue weighted by atomic mass is 16.7. The number of amides is 1. The first-order valence-electron chi connectivity index (χ1n) is 17.1. The number of carbonyl (C=O) groups is 1. The van der Waals surface area contributed by atoms with Gasteiger partial charge in [0.25, 0.3) is 0 Å². The Kier molecular flexibility index (Phi) is 8.99. The molecule has 12 heteroatoms. The van der Waals surface area contributed by atoms with Crippen LogP contribution in [-0.4, -0.2) is 115 Å². The van der Waals surface area contributed by atoms with Crippen molar-refractivity contribution in [2.75, 3.05) is 63.5 Å². The maximum atomic E-state index is 13.2. The number of aromatic nitrogens is 2. The Bertz CT molecular complexity index is 1650. The first-order valence-corrected chi connectivity index (χ1v) is 17.1. The van der Waals surface area contributed by atoms with Crippen molar-refractivity contribution < 1.29 is 28.8 Å². The van der Waals surface area contributed by atoms with Gasteiger partial charge in [-0.05, 0) is 71.5 Å². The molecule has 3 fully saturated rings. The highest BCUT2D eigenvalue weighted by Gasteiger charge is 2.50. The molecule has 12 nitrogen and oxygen atoms in total. The van der Waals surface area contributed by atoms with E-state index in [1.807, 2.05) is 32.9 Å².